The summed E-state index contributed by atoms with van der Waals surface area (Å²) in [7, 11) is 0. The van der Waals surface area contributed by atoms with Crippen molar-refractivity contribution in [2.45, 2.75) is 51.6 Å². The molecule has 1 N–H and O–H groups in total. The Morgan fingerprint density at radius 2 is 1.16 bits per heavy atom. The maximum absolute atomic E-state index is 12.1. The lowest BCUT2D eigenvalue weighted by molar-refractivity contribution is -0.384. The summed E-state index contributed by atoms with van der Waals surface area (Å²) in [4.78, 5) is 31.5. The Kier molecular flexibility index (Phi) is 8.70. The highest BCUT2D eigenvalue weighted by Gasteiger charge is 2.45. The third kappa shape index (κ3) is 5.44. The summed E-state index contributed by atoms with van der Waals surface area (Å²) >= 11 is 12.5. The van der Waals surface area contributed by atoms with Crippen LogP contribution >= 0.6 is 23.2 Å². The number of allylic oxidation sites excluding steroid dienone is 2. The van der Waals surface area contributed by atoms with Crippen molar-refractivity contribution >= 4 is 58.2 Å². The number of hydrogen-bond donors (Lipinski definition) is 1. The van der Waals surface area contributed by atoms with Crippen molar-refractivity contribution < 1.29 is 15.0 Å². The van der Waals surface area contributed by atoms with Gasteiger partial charge in [-0.2, -0.15) is 0 Å². The van der Waals surface area contributed by atoms with Crippen LogP contribution in [0.5, 0.6) is 5.75 Å². The minimum Gasteiger partial charge on any atom is -0.507 e. The van der Waals surface area contributed by atoms with E-state index in [0.717, 1.165) is 24.0 Å². The first-order valence-electron chi connectivity index (χ1n) is 14.7. The van der Waals surface area contributed by atoms with Crippen LogP contribution in [0.25, 0.3) is 11.1 Å². The van der Waals surface area contributed by atoms with Gasteiger partial charge in [0.1, 0.15) is 26.9 Å². The van der Waals surface area contributed by atoms with E-state index in [1.807, 2.05) is 30.4 Å². The first-order chi connectivity index (χ1) is 21.4. The molecule has 0 spiro atoms. The van der Waals surface area contributed by atoms with Crippen LogP contribution in [0.2, 0.25) is 10.0 Å². The lowest BCUT2D eigenvalue weighted by Crippen LogP contribution is -2.31. The minimum atomic E-state index is -0.921. The Bertz CT molecular complexity index is 1710. The molecule has 2 heterocycles. The van der Waals surface area contributed by atoms with Crippen molar-refractivity contribution in [2.75, 3.05) is 0 Å². The Hall–Kier alpha value is -4.34. The first kappa shape index (κ1) is 32.1. The predicted molar refractivity (Wildman–Crippen MR) is 180 cm³/mol. The van der Waals surface area contributed by atoms with Crippen LogP contribution < -0.4 is 0 Å². The van der Waals surface area contributed by atoms with Gasteiger partial charge in [0.2, 0.25) is 0 Å². The summed E-state index contributed by atoms with van der Waals surface area (Å²) in [6.07, 6.45) is 8.95. The summed E-state index contributed by atoms with van der Waals surface area (Å²) in [5.41, 5.74) is 1.89. The molecule has 0 saturated heterocycles. The van der Waals surface area contributed by atoms with Crippen LogP contribution in [0, 0.1) is 32.1 Å². The molecular weight excluding hydrogens is 615 g/mol. The second-order valence-electron chi connectivity index (χ2n) is 11.5. The smallest absolute Gasteiger partial charge is 0.287 e. The maximum atomic E-state index is 12.1. The number of aliphatic imine (C=N–C) groups is 2. The first-order valence-corrected chi connectivity index (χ1v) is 15.4. The molecule has 9 nitrogen and oxygen atoms in total. The van der Waals surface area contributed by atoms with Gasteiger partial charge in [-0.15, -0.1) is 0 Å². The van der Waals surface area contributed by atoms with E-state index < -0.39 is 20.9 Å². The average Bonchev–Trinajstić information content (AvgIpc) is 3.67. The zero-order valence-electron chi connectivity index (χ0n) is 25.2. The zero-order valence-corrected chi connectivity index (χ0v) is 26.7. The highest BCUT2D eigenvalue weighted by molar-refractivity contribution is 6.33. The molecule has 11 heteroatoms. The Morgan fingerprint density at radius 3 is 1.49 bits per heavy atom. The fourth-order valence-corrected chi connectivity index (χ4v) is 6.64. The van der Waals surface area contributed by atoms with Crippen LogP contribution in [0.3, 0.4) is 0 Å². The molecule has 2 aliphatic heterocycles. The minimum absolute atomic E-state index is 0.0269. The van der Waals surface area contributed by atoms with Crippen LogP contribution in [0.1, 0.15) is 62.8 Å². The van der Waals surface area contributed by atoms with Gasteiger partial charge in [-0.3, -0.25) is 30.2 Å². The summed E-state index contributed by atoms with van der Waals surface area (Å²) in [5, 5.41) is 34.8. The number of para-hydroxylation sites is 1. The highest BCUT2D eigenvalue weighted by atomic mass is 35.5. The van der Waals surface area contributed by atoms with Crippen molar-refractivity contribution in [1.82, 2.24) is 0 Å². The molecule has 0 amide bonds. The van der Waals surface area contributed by atoms with Crippen molar-refractivity contribution in [2.24, 2.45) is 21.8 Å². The average molecular weight is 648 g/mol. The predicted octanol–water partition coefficient (Wildman–Crippen LogP) is 9.33. The molecule has 0 aliphatic carbocycles. The van der Waals surface area contributed by atoms with E-state index in [-0.39, 0.29) is 39.0 Å². The number of benzene rings is 3. The van der Waals surface area contributed by atoms with Gasteiger partial charge in [-0.25, -0.2) is 0 Å². The van der Waals surface area contributed by atoms with Crippen LogP contribution in [-0.2, 0) is 11.1 Å². The van der Waals surface area contributed by atoms with Gasteiger partial charge >= 0.3 is 0 Å². The molecule has 0 aromatic heterocycles. The normalized spacial score (nSPS) is 21.8. The van der Waals surface area contributed by atoms with Gasteiger partial charge in [0.25, 0.3) is 11.4 Å². The molecule has 3 aromatic rings. The Morgan fingerprint density at radius 1 is 0.756 bits per heavy atom. The van der Waals surface area contributed by atoms with Gasteiger partial charge in [0.05, 0.1) is 9.85 Å². The number of hydrogen-bond acceptors (Lipinski definition) is 7. The van der Waals surface area contributed by atoms with Crippen LogP contribution in [-0.4, -0.2) is 27.4 Å². The summed E-state index contributed by atoms with van der Waals surface area (Å²) in [5.74, 6) is 0.0210. The van der Waals surface area contributed by atoms with Gasteiger partial charge in [-0.05, 0) is 70.5 Å². The molecule has 2 aliphatic rings. The van der Waals surface area contributed by atoms with E-state index in [9.17, 15) is 25.3 Å². The molecule has 0 radical (unpaired) electrons. The monoisotopic (exact) mass is 646 g/mol. The lowest BCUT2D eigenvalue weighted by atomic mass is 9.72. The van der Waals surface area contributed by atoms with Gasteiger partial charge in [0, 0.05) is 35.7 Å². The van der Waals surface area contributed by atoms with E-state index in [4.69, 9.17) is 33.2 Å². The van der Waals surface area contributed by atoms with Crippen molar-refractivity contribution in [3.8, 4) is 5.75 Å². The summed E-state index contributed by atoms with van der Waals surface area (Å²) < 4.78 is 0. The number of nitro benzene ring substituents is 2. The number of halogens is 2. The number of phenolic OH excluding ortho intramolecular Hbond substituents is 1. The third-order valence-electron chi connectivity index (χ3n) is 9.17. The quantitative estimate of drug-likeness (QED) is 0.173. The molecule has 45 heavy (non-hydrogen) atoms. The van der Waals surface area contributed by atoms with Crippen molar-refractivity contribution in [3.05, 3.63) is 119 Å². The van der Waals surface area contributed by atoms with Crippen molar-refractivity contribution in [1.29, 1.82) is 0 Å². The molecule has 4 atom stereocenters. The van der Waals surface area contributed by atoms with Gasteiger partial charge in [0.15, 0.2) is 0 Å². The second kappa shape index (κ2) is 12.2. The number of nitrogens with zero attached hydrogens (tertiary/aromatic N) is 4. The molecule has 5 rings (SSSR count). The van der Waals surface area contributed by atoms with E-state index >= 15 is 0 Å². The van der Waals surface area contributed by atoms with Crippen molar-refractivity contribution in [3.63, 3.8) is 0 Å². The third-order valence-corrected chi connectivity index (χ3v) is 9.77. The van der Waals surface area contributed by atoms with E-state index in [1.54, 1.807) is 36.7 Å². The molecule has 0 saturated carbocycles. The molecule has 0 bridgehead atoms. The largest absolute Gasteiger partial charge is 0.507 e. The van der Waals surface area contributed by atoms with E-state index in [0.29, 0.717) is 22.3 Å². The summed E-state index contributed by atoms with van der Waals surface area (Å²) in [6, 6.07) is 14.8. The van der Waals surface area contributed by atoms with E-state index in [2.05, 4.69) is 27.7 Å². The Labute approximate surface area is 270 Å². The highest BCUT2D eigenvalue weighted by Crippen LogP contribution is 2.52. The molecule has 4 unspecified atom stereocenters. The van der Waals surface area contributed by atoms with E-state index in [1.165, 1.54) is 12.1 Å². The van der Waals surface area contributed by atoms with Crippen LogP contribution in [0.4, 0.5) is 11.4 Å². The molecule has 3 aromatic carbocycles. The number of nitro groups is 2. The van der Waals surface area contributed by atoms with Crippen LogP contribution in [0.15, 0.2) is 76.7 Å². The maximum Gasteiger partial charge on any atom is 0.287 e. The number of rotatable bonds is 10. The lowest BCUT2D eigenvalue weighted by Gasteiger charge is -2.36. The zero-order chi connectivity index (χ0) is 32.7. The standard InChI is InChI=1S/C34H32Cl2N4O5/c1-5-20(3)33(16-24(18-37-33)22-10-12-30(39(42)43)28(35)14-22)26-8-7-9-27(32(26)41)34(21(4)6-2)17-25(19-38-34)23-11-13-31(40(44)45)29(36)15-23/h7-21,41H,5-6H2,1-4H3. The fraction of sp³-hybridized carbons (Fsp3) is 0.294. The van der Waals surface area contributed by atoms with Gasteiger partial charge < -0.3 is 5.11 Å². The number of phenols is 1. The summed E-state index contributed by atoms with van der Waals surface area (Å²) in [6.45, 7) is 8.26. The molecule has 232 valence electrons. The Balaban J connectivity index is 1.64. The number of aromatic hydroxyl groups is 1. The molecular formula is C34H32Cl2N4O5. The van der Waals surface area contributed by atoms with Gasteiger partial charge in [-0.1, -0.05) is 81.9 Å². The topological polar surface area (TPSA) is 131 Å². The SMILES string of the molecule is CCC(C)C1(c2cccc(C3(C(C)CC)C=C(c4ccc([N+](=O)[O-])c(Cl)c4)C=N3)c2O)C=C(c2ccc([N+](=O)[O-])c(Cl)c2)C=N1. The fourth-order valence-electron chi connectivity index (χ4n) is 6.14. The second-order valence-corrected chi connectivity index (χ2v) is 12.3. The molecule has 0 fully saturated rings.